The Labute approximate surface area is 187 Å². The Morgan fingerprint density at radius 3 is 2.53 bits per heavy atom. The number of rotatable bonds is 6. The first-order valence-electron chi connectivity index (χ1n) is 10.3. The minimum Gasteiger partial charge on any atom is -0.361 e. The Kier molecular flexibility index (Phi) is 6.81. The largest absolute Gasteiger partial charge is 0.361 e. The lowest BCUT2D eigenvalue weighted by Crippen LogP contribution is -2.60. The molecule has 8 nitrogen and oxygen atoms in total. The molecule has 0 atom stereocenters. The zero-order valence-corrected chi connectivity index (χ0v) is 19.2. The lowest BCUT2D eigenvalue weighted by atomic mass is 9.94. The van der Waals surface area contributed by atoms with Crippen molar-refractivity contribution in [3.05, 3.63) is 53.3 Å². The monoisotopic (exact) mass is 459 g/mol. The number of carbonyl (C=O) groups excluding carboxylic acids is 1. The lowest BCUT2D eigenvalue weighted by molar-refractivity contribution is 0.141. The van der Waals surface area contributed by atoms with Crippen LogP contribution in [-0.4, -0.2) is 48.7 Å². The third kappa shape index (κ3) is 5.06. The minimum atomic E-state index is -3.87. The highest BCUT2D eigenvalue weighted by Gasteiger charge is 2.39. The van der Waals surface area contributed by atoms with E-state index < -0.39 is 27.1 Å². The van der Waals surface area contributed by atoms with E-state index in [1.165, 1.54) is 24.4 Å². The maximum Gasteiger partial charge on any atom is 0.332 e. The molecule has 0 saturated carbocycles. The molecule has 1 aliphatic heterocycles. The fourth-order valence-electron chi connectivity index (χ4n) is 3.54. The van der Waals surface area contributed by atoms with Gasteiger partial charge >= 0.3 is 6.03 Å². The fraction of sp³-hybridized carbons (Fsp3) is 0.409. The zero-order valence-electron chi connectivity index (χ0n) is 18.4. The van der Waals surface area contributed by atoms with E-state index in [4.69, 9.17) is 6.57 Å². The summed E-state index contributed by atoms with van der Waals surface area (Å²) in [7, 11) is -3.87. The van der Waals surface area contributed by atoms with Crippen molar-refractivity contribution in [2.24, 2.45) is 0 Å². The standard InChI is InChI=1S/C22H26FN5O3S/c1-13(2)18-9-16(23)10-19(15-6-7-25-20(8-15)24-5)21(18)26-22(29)27-32(30,31)17-11-28(12-17)14(3)4/h6-10,13-14,17H,11-12H2,1-4H3,(H2,26,27,29). The van der Waals surface area contributed by atoms with Gasteiger partial charge in [0.05, 0.1) is 5.69 Å². The van der Waals surface area contributed by atoms with Crippen molar-refractivity contribution in [2.45, 2.75) is 44.9 Å². The number of hydrogen-bond acceptors (Lipinski definition) is 5. The second-order valence-corrected chi connectivity index (χ2v) is 10.3. The maximum absolute atomic E-state index is 14.4. The van der Waals surface area contributed by atoms with E-state index in [-0.39, 0.29) is 23.5 Å². The summed E-state index contributed by atoms with van der Waals surface area (Å²) in [4.78, 5) is 21.9. The normalized spacial score (nSPS) is 14.8. The van der Waals surface area contributed by atoms with Crippen molar-refractivity contribution >= 4 is 27.6 Å². The van der Waals surface area contributed by atoms with E-state index in [1.54, 1.807) is 6.07 Å². The van der Waals surface area contributed by atoms with Crippen LogP contribution < -0.4 is 10.0 Å². The molecule has 1 aliphatic rings. The first-order chi connectivity index (χ1) is 15.0. The minimum absolute atomic E-state index is 0.121. The first kappa shape index (κ1) is 23.6. The van der Waals surface area contributed by atoms with Crippen LogP contribution >= 0.6 is 0 Å². The number of likely N-dealkylation sites (tertiary alicyclic amines) is 1. The number of sulfonamides is 1. The van der Waals surface area contributed by atoms with Gasteiger partial charge in [-0.1, -0.05) is 20.4 Å². The molecule has 2 N–H and O–H groups in total. The summed E-state index contributed by atoms with van der Waals surface area (Å²) in [6, 6.07) is 4.95. The highest BCUT2D eigenvalue weighted by atomic mass is 32.2. The molecule has 1 aromatic heterocycles. The third-order valence-electron chi connectivity index (χ3n) is 5.45. The van der Waals surface area contributed by atoms with E-state index in [0.29, 0.717) is 29.8 Å². The molecular formula is C22H26FN5O3S. The molecule has 32 heavy (non-hydrogen) atoms. The Morgan fingerprint density at radius 2 is 1.94 bits per heavy atom. The molecule has 0 bridgehead atoms. The molecule has 1 aromatic carbocycles. The first-order valence-corrected chi connectivity index (χ1v) is 11.8. The fourth-order valence-corrected chi connectivity index (χ4v) is 4.79. The van der Waals surface area contributed by atoms with Crippen molar-refractivity contribution in [3.8, 4) is 11.1 Å². The SMILES string of the molecule is [C-]#[N+]c1cc(-c2cc(F)cc(C(C)C)c2NC(=O)NS(=O)(=O)C2CN(C(C)C)C2)ccn1. The van der Waals surface area contributed by atoms with Crippen molar-refractivity contribution in [1.82, 2.24) is 14.6 Å². The molecule has 3 rings (SSSR count). The highest BCUT2D eigenvalue weighted by Crippen LogP contribution is 2.37. The number of halogens is 1. The van der Waals surface area contributed by atoms with Crippen LogP contribution in [0, 0.1) is 12.4 Å². The Hall–Kier alpha value is -3.03. The van der Waals surface area contributed by atoms with Gasteiger partial charge in [0.25, 0.3) is 5.82 Å². The second-order valence-electron chi connectivity index (χ2n) is 8.36. The molecule has 2 amide bonds. The number of urea groups is 1. The number of amides is 2. The van der Waals surface area contributed by atoms with E-state index in [0.717, 1.165) is 0 Å². The summed E-state index contributed by atoms with van der Waals surface area (Å²) in [5.41, 5.74) is 1.61. The van der Waals surface area contributed by atoms with Crippen molar-refractivity contribution in [1.29, 1.82) is 0 Å². The summed E-state index contributed by atoms with van der Waals surface area (Å²) in [6.07, 6.45) is 1.42. The molecule has 1 saturated heterocycles. The number of carbonyl (C=O) groups is 1. The Bertz CT molecular complexity index is 1170. The van der Waals surface area contributed by atoms with Gasteiger partial charge in [-0.3, -0.25) is 4.90 Å². The number of hydrogen-bond donors (Lipinski definition) is 2. The second kappa shape index (κ2) is 9.22. The lowest BCUT2D eigenvalue weighted by Gasteiger charge is -2.41. The average molecular weight is 460 g/mol. The van der Waals surface area contributed by atoms with Gasteiger partial charge < -0.3 is 10.2 Å². The van der Waals surface area contributed by atoms with E-state index in [1.807, 2.05) is 32.6 Å². The van der Waals surface area contributed by atoms with Crippen molar-refractivity contribution in [2.75, 3.05) is 18.4 Å². The smallest absolute Gasteiger partial charge is 0.332 e. The van der Waals surface area contributed by atoms with Gasteiger partial charge in [-0.25, -0.2) is 22.3 Å². The Balaban J connectivity index is 1.91. The van der Waals surface area contributed by atoms with Gasteiger partial charge in [-0.05, 0) is 55.2 Å². The van der Waals surface area contributed by atoms with Crippen molar-refractivity contribution in [3.63, 3.8) is 0 Å². The predicted octanol–water partition coefficient (Wildman–Crippen LogP) is 4.11. The van der Waals surface area contributed by atoms with E-state index >= 15 is 0 Å². The van der Waals surface area contributed by atoms with Gasteiger partial charge in [0.1, 0.15) is 17.3 Å². The Morgan fingerprint density at radius 1 is 1.25 bits per heavy atom. The molecule has 0 aliphatic carbocycles. The van der Waals surface area contributed by atoms with Crippen LogP contribution in [-0.2, 0) is 10.0 Å². The van der Waals surface area contributed by atoms with E-state index in [9.17, 15) is 17.6 Å². The van der Waals surface area contributed by atoms with Crippen LogP contribution in [0.4, 0.5) is 20.7 Å². The average Bonchev–Trinajstić information content (AvgIpc) is 2.66. The number of aromatic nitrogens is 1. The third-order valence-corrected chi connectivity index (χ3v) is 7.09. The van der Waals surface area contributed by atoms with Crippen LogP contribution in [0.1, 0.15) is 39.2 Å². The van der Waals surface area contributed by atoms with Gasteiger partial charge in [0.15, 0.2) is 0 Å². The van der Waals surface area contributed by atoms with Gasteiger partial charge in [0.2, 0.25) is 10.0 Å². The summed E-state index contributed by atoms with van der Waals surface area (Å²) in [5, 5.41) is 1.94. The van der Waals surface area contributed by atoms with Gasteiger partial charge in [0, 0.05) is 24.7 Å². The molecule has 2 aromatic rings. The molecular weight excluding hydrogens is 433 g/mol. The van der Waals surface area contributed by atoms with Gasteiger partial charge in [-0.15, -0.1) is 4.98 Å². The quantitative estimate of drug-likeness (QED) is 0.634. The molecule has 2 heterocycles. The van der Waals surface area contributed by atoms with Crippen molar-refractivity contribution < 1.29 is 17.6 Å². The van der Waals surface area contributed by atoms with Crippen LogP contribution in [0.25, 0.3) is 16.0 Å². The number of benzene rings is 1. The zero-order chi connectivity index (χ0) is 23.6. The van der Waals surface area contributed by atoms with Crippen LogP contribution in [0.5, 0.6) is 0 Å². The molecule has 170 valence electrons. The molecule has 0 unspecified atom stereocenters. The number of anilines is 1. The molecule has 10 heteroatoms. The summed E-state index contributed by atoms with van der Waals surface area (Å²) in [5.74, 6) is -0.549. The topological polar surface area (TPSA) is 95.8 Å². The molecule has 0 radical (unpaired) electrons. The number of nitrogens with one attached hydrogen (secondary N) is 2. The molecule has 0 spiro atoms. The van der Waals surface area contributed by atoms with Crippen LogP contribution in [0.2, 0.25) is 0 Å². The summed E-state index contributed by atoms with van der Waals surface area (Å²) >= 11 is 0. The number of pyridine rings is 1. The number of nitrogens with zero attached hydrogens (tertiary/aromatic N) is 3. The van der Waals surface area contributed by atoms with Crippen LogP contribution in [0.15, 0.2) is 30.5 Å². The van der Waals surface area contributed by atoms with Crippen LogP contribution in [0.3, 0.4) is 0 Å². The summed E-state index contributed by atoms with van der Waals surface area (Å²) in [6.45, 7) is 15.5. The van der Waals surface area contributed by atoms with E-state index in [2.05, 4.69) is 19.9 Å². The molecule has 1 fully saturated rings. The maximum atomic E-state index is 14.4. The van der Waals surface area contributed by atoms with Gasteiger partial charge in [-0.2, -0.15) is 0 Å². The predicted molar refractivity (Wildman–Crippen MR) is 122 cm³/mol. The highest BCUT2D eigenvalue weighted by molar-refractivity contribution is 7.90. The summed E-state index contributed by atoms with van der Waals surface area (Å²) < 4.78 is 41.7.